The van der Waals surface area contributed by atoms with Gasteiger partial charge in [0, 0.05) is 10.6 Å². The fourth-order valence-electron chi connectivity index (χ4n) is 2.77. The van der Waals surface area contributed by atoms with Gasteiger partial charge in [0.2, 0.25) is 5.91 Å². The van der Waals surface area contributed by atoms with E-state index in [0.717, 1.165) is 11.1 Å². The van der Waals surface area contributed by atoms with Crippen LogP contribution in [0.15, 0.2) is 81.4 Å². The highest BCUT2D eigenvalue weighted by Crippen LogP contribution is 2.25. The Morgan fingerprint density at radius 2 is 1.96 bits per heavy atom. The molecule has 1 aliphatic rings. The van der Waals surface area contributed by atoms with Crippen molar-refractivity contribution in [2.24, 2.45) is 10.2 Å². The highest BCUT2D eigenvalue weighted by molar-refractivity contribution is 8.15. The van der Waals surface area contributed by atoms with Crippen LogP contribution in [0.2, 0.25) is 5.02 Å². The molecule has 1 saturated heterocycles. The Labute approximate surface area is 171 Å². The van der Waals surface area contributed by atoms with Gasteiger partial charge in [-0.2, -0.15) is 5.10 Å². The van der Waals surface area contributed by atoms with Gasteiger partial charge < -0.3 is 9.73 Å². The second kappa shape index (κ2) is 8.46. The average Bonchev–Trinajstić information content (AvgIpc) is 3.30. The third kappa shape index (κ3) is 4.52. The summed E-state index contributed by atoms with van der Waals surface area (Å²) in [4.78, 5) is 12.1. The molecule has 140 valence electrons. The molecule has 0 saturated carbocycles. The molecule has 2 heterocycles. The standard InChI is InChI=1S/C21H16ClN3O2S/c22-16-8-4-7-15(12-16)18-10-9-17(27-18)13-23-25-21-24-20(26)19(28-21)11-14-5-2-1-3-6-14/h1-10,12-13,19H,11H2,(H,24,25,26). The summed E-state index contributed by atoms with van der Waals surface area (Å²) in [6.45, 7) is 0. The topological polar surface area (TPSA) is 67.0 Å². The van der Waals surface area contributed by atoms with Crippen LogP contribution in [0.25, 0.3) is 11.3 Å². The summed E-state index contributed by atoms with van der Waals surface area (Å²) in [5.41, 5.74) is 2.00. The molecule has 0 aliphatic carbocycles. The first-order valence-electron chi connectivity index (χ1n) is 8.65. The van der Waals surface area contributed by atoms with Crippen LogP contribution in [-0.2, 0) is 11.2 Å². The van der Waals surface area contributed by atoms with Gasteiger partial charge in [-0.25, -0.2) is 0 Å². The molecule has 0 spiro atoms. The number of carbonyl (C=O) groups is 1. The van der Waals surface area contributed by atoms with Crippen molar-refractivity contribution < 1.29 is 9.21 Å². The van der Waals surface area contributed by atoms with Crippen molar-refractivity contribution in [3.8, 4) is 11.3 Å². The summed E-state index contributed by atoms with van der Waals surface area (Å²) >= 11 is 7.39. The van der Waals surface area contributed by atoms with Crippen molar-refractivity contribution in [3.63, 3.8) is 0 Å². The molecule has 1 atom stereocenters. The number of thioether (sulfide) groups is 1. The Morgan fingerprint density at radius 1 is 1.11 bits per heavy atom. The van der Waals surface area contributed by atoms with Gasteiger partial charge in [0.1, 0.15) is 11.5 Å². The first-order valence-corrected chi connectivity index (χ1v) is 9.91. The number of hydrogen-bond donors (Lipinski definition) is 1. The third-order valence-corrected chi connectivity index (χ3v) is 5.42. The van der Waals surface area contributed by atoms with E-state index in [0.29, 0.717) is 28.1 Å². The molecule has 2 aromatic carbocycles. The van der Waals surface area contributed by atoms with E-state index in [-0.39, 0.29) is 11.2 Å². The molecule has 28 heavy (non-hydrogen) atoms. The van der Waals surface area contributed by atoms with Crippen molar-refractivity contribution in [1.82, 2.24) is 5.32 Å². The van der Waals surface area contributed by atoms with Crippen LogP contribution in [0, 0.1) is 0 Å². The first kappa shape index (κ1) is 18.5. The van der Waals surface area contributed by atoms with E-state index in [1.807, 2.05) is 60.7 Å². The zero-order chi connectivity index (χ0) is 19.3. The molecule has 1 unspecified atom stereocenters. The predicted octanol–water partition coefficient (Wildman–Crippen LogP) is 4.76. The molecule has 0 radical (unpaired) electrons. The van der Waals surface area contributed by atoms with Crippen LogP contribution in [0.4, 0.5) is 0 Å². The van der Waals surface area contributed by atoms with Gasteiger partial charge in [-0.15, -0.1) is 5.10 Å². The summed E-state index contributed by atoms with van der Waals surface area (Å²) < 4.78 is 5.74. The summed E-state index contributed by atoms with van der Waals surface area (Å²) in [5, 5.41) is 11.8. The van der Waals surface area contributed by atoms with Crippen LogP contribution in [0.1, 0.15) is 11.3 Å². The lowest BCUT2D eigenvalue weighted by molar-refractivity contribution is -0.118. The van der Waals surface area contributed by atoms with Crippen LogP contribution < -0.4 is 5.32 Å². The molecule has 1 amide bonds. The van der Waals surface area contributed by atoms with Crippen LogP contribution in [0.5, 0.6) is 0 Å². The van der Waals surface area contributed by atoms with Crippen molar-refractivity contribution in [2.75, 3.05) is 0 Å². The maximum Gasteiger partial charge on any atom is 0.239 e. The average molecular weight is 410 g/mol. The molecule has 1 aromatic heterocycles. The highest BCUT2D eigenvalue weighted by atomic mass is 35.5. The summed E-state index contributed by atoms with van der Waals surface area (Å²) in [6.07, 6.45) is 2.17. The lowest BCUT2D eigenvalue weighted by Gasteiger charge is -2.04. The number of rotatable bonds is 5. The summed E-state index contributed by atoms with van der Waals surface area (Å²) in [5.74, 6) is 1.21. The molecule has 1 aliphatic heterocycles. The lowest BCUT2D eigenvalue weighted by Crippen LogP contribution is -2.25. The highest BCUT2D eigenvalue weighted by Gasteiger charge is 2.30. The Balaban J connectivity index is 1.39. The Morgan fingerprint density at radius 3 is 2.79 bits per heavy atom. The molecule has 5 nitrogen and oxygen atoms in total. The van der Waals surface area contributed by atoms with Gasteiger partial charge in [0.15, 0.2) is 5.17 Å². The molecule has 1 N–H and O–H groups in total. The quantitative estimate of drug-likeness (QED) is 0.487. The van der Waals surface area contributed by atoms with Crippen molar-refractivity contribution in [3.05, 3.63) is 83.1 Å². The Kier molecular flexibility index (Phi) is 5.60. The molecule has 1 fully saturated rings. The Hall–Kier alpha value is -2.83. The van der Waals surface area contributed by atoms with Gasteiger partial charge in [-0.3, -0.25) is 4.79 Å². The SMILES string of the molecule is O=C1N/C(=N/N=Cc2ccc(-c3cccc(Cl)c3)o2)SC1Cc1ccccc1. The summed E-state index contributed by atoms with van der Waals surface area (Å²) in [6, 6.07) is 21.0. The first-order chi connectivity index (χ1) is 13.7. The van der Waals surface area contributed by atoms with E-state index >= 15 is 0 Å². The second-order valence-corrected chi connectivity index (χ2v) is 7.78. The number of furan rings is 1. The van der Waals surface area contributed by atoms with E-state index in [1.54, 1.807) is 6.07 Å². The molecular weight excluding hydrogens is 394 g/mol. The number of benzene rings is 2. The molecule has 7 heteroatoms. The van der Waals surface area contributed by atoms with Crippen molar-refractivity contribution in [1.29, 1.82) is 0 Å². The number of carbonyl (C=O) groups excluding carboxylic acids is 1. The van der Waals surface area contributed by atoms with Crippen molar-refractivity contribution in [2.45, 2.75) is 11.7 Å². The van der Waals surface area contributed by atoms with Crippen LogP contribution in [0.3, 0.4) is 0 Å². The second-order valence-electron chi connectivity index (χ2n) is 6.15. The van der Waals surface area contributed by atoms with E-state index in [9.17, 15) is 4.79 Å². The fraction of sp³-hybridized carbons (Fsp3) is 0.0952. The number of amides is 1. The minimum absolute atomic E-state index is 0.0518. The summed E-state index contributed by atoms with van der Waals surface area (Å²) in [7, 11) is 0. The smallest absolute Gasteiger partial charge is 0.239 e. The minimum Gasteiger partial charge on any atom is -0.455 e. The van der Waals surface area contributed by atoms with Gasteiger partial charge >= 0.3 is 0 Å². The largest absolute Gasteiger partial charge is 0.455 e. The third-order valence-electron chi connectivity index (χ3n) is 4.11. The van der Waals surface area contributed by atoms with E-state index in [1.165, 1.54) is 18.0 Å². The number of halogens is 1. The molecule has 0 bridgehead atoms. The van der Waals surface area contributed by atoms with Crippen LogP contribution >= 0.6 is 23.4 Å². The Bertz CT molecular complexity index is 1050. The van der Waals surface area contributed by atoms with Crippen molar-refractivity contribution >= 4 is 40.7 Å². The fourth-order valence-corrected chi connectivity index (χ4v) is 3.93. The van der Waals surface area contributed by atoms with Gasteiger partial charge in [-0.05, 0) is 36.2 Å². The predicted molar refractivity (Wildman–Crippen MR) is 114 cm³/mol. The maximum atomic E-state index is 12.1. The molecule has 3 aromatic rings. The van der Waals surface area contributed by atoms with E-state index in [4.69, 9.17) is 16.0 Å². The van der Waals surface area contributed by atoms with E-state index < -0.39 is 0 Å². The maximum absolute atomic E-state index is 12.1. The lowest BCUT2D eigenvalue weighted by atomic mass is 10.1. The number of nitrogens with zero attached hydrogens (tertiary/aromatic N) is 2. The number of nitrogens with one attached hydrogen (secondary N) is 1. The normalized spacial score (nSPS) is 18.1. The van der Waals surface area contributed by atoms with Gasteiger partial charge in [0.25, 0.3) is 0 Å². The zero-order valence-electron chi connectivity index (χ0n) is 14.7. The monoisotopic (exact) mass is 409 g/mol. The van der Waals surface area contributed by atoms with Crippen LogP contribution in [-0.4, -0.2) is 22.5 Å². The number of hydrogen-bond acceptors (Lipinski definition) is 5. The molecular formula is C21H16ClN3O2S. The minimum atomic E-state index is -0.200. The van der Waals surface area contributed by atoms with Gasteiger partial charge in [-0.1, -0.05) is 65.8 Å². The van der Waals surface area contributed by atoms with E-state index in [2.05, 4.69) is 15.5 Å². The number of amidine groups is 1. The molecule has 4 rings (SSSR count). The van der Waals surface area contributed by atoms with Gasteiger partial charge in [0.05, 0.1) is 11.5 Å². The zero-order valence-corrected chi connectivity index (χ0v) is 16.3.